The highest BCUT2D eigenvalue weighted by atomic mass is 19.1. The highest BCUT2D eigenvalue weighted by molar-refractivity contribution is 5.88. The summed E-state index contributed by atoms with van der Waals surface area (Å²) in [6.45, 7) is 1.10. The molecule has 1 aliphatic rings. The van der Waals surface area contributed by atoms with Crippen molar-refractivity contribution in [3.05, 3.63) is 29.6 Å². The zero-order chi connectivity index (χ0) is 11.5. The van der Waals surface area contributed by atoms with Gasteiger partial charge >= 0.3 is 5.97 Å². The van der Waals surface area contributed by atoms with E-state index in [0.29, 0.717) is 12.4 Å². The fourth-order valence-corrected chi connectivity index (χ4v) is 1.36. The Morgan fingerprint density at radius 2 is 2.38 bits per heavy atom. The summed E-state index contributed by atoms with van der Waals surface area (Å²) in [5, 5.41) is 8.62. The van der Waals surface area contributed by atoms with Crippen LogP contribution >= 0.6 is 0 Å². The zero-order valence-corrected chi connectivity index (χ0v) is 8.48. The molecule has 0 aliphatic carbocycles. The molecule has 5 heteroatoms. The molecule has 0 radical (unpaired) electrons. The van der Waals surface area contributed by atoms with Crippen LogP contribution in [0.15, 0.2) is 18.2 Å². The molecule has 1 saturated heterocycles. The lowest BCUT2D eigenvalue weighted by Gasteiger charge is -2.26. The summed E-state index contributed by atoms with van der Waals surface area (Å²) in [6.07, 6.45) is 1.01. The molecule has 0 amide bonds. The van der Waals surface area contributed by atoms with Gasteiger partial charge in [-0.05, 0) is 12.1 Å². The molecule has 4 nitrogen and oxygen atoms in total. The molecule has 86 valence electrons. The van der Waals surface area contributed by atoms with Crippen LogP contribution < -0.4 is 4.74 Å². The first kappa shape index (κ1) is 10.9. The van der Waals surface area contributed by atoms with E-state index in [4.69, 9.17) is 14.6 Å². The molecule has 1 aromatic rings. The maximum Gasteiger partial charge on any atom is 0.338 e. The van der Waals surface area contributed by atoms with Gasteiger partial charge in [-0.15, -0.1) is 0 Å². The molecular formula is C11H11FO4. The number of benzene rings is 1. The van der Waals surface area contributed by atoms with Gasteiger partial charge in [-0.25, -0.2) is 9.18 Å². The van der Waals surface area contributed by atoms with Crippen molar-refractivity contribution in [2.45, 2.75) is 12.5 Å². The predicted molar refractivity (Wildman–Crippen MR) is 53.2 cm³/mol. The first-order valence-electron chi connectivity index (χ1n) is 4.94. The summed E-state index contributed by atoms with van der Waals surface area (Å²) in [7, 11) is 0. The minimum Gasteiger partial charge on any atom is -0.491 e. The van der Waals surface area contributed by atoms with Crippen molar-refractivity contribution < 1.29 is 23.8 Å². The molecule has 1 fully saturated rings. The number of hydrogen-bond donors (Lipinski definition) is 1. The van der Waals surface area contributed by atoms with Crippen LogP contribution in [0.3, 0.4) is 0 Å². The van der Waals surface area contributed by atoms with Gasteiger partial charge in [0.25, 0.3) is 0 Å². The molecule has 0 spiro atoms. The van der Waals surface area contributed by atoms with Crippen molar-refractivity contribution in [1.29, 1.82) is 0 Å². The third-order valence-corrected chi connectivity index (χ3v) is 2.40. The topological polar surface area (TPSA) is 55.8 Å². The van der Waals surface area contributed by atoms with E-state index in [0.717, 1.165) is 19.1 Å². The summed E-state index contributed by atoms with van der Waals surface area (Å²) < 4.78 is 23.6. The predicted octanol–water partition coefficient (Wildman–Crippen LogP) is 1.69. The van der Waals surface area contributed by atoms with Gasteiger partial charge in [0.2, 0.25) is 0 Å². The summed E-state index contributed by atoms with van der Waals surface area (Å²) in [5.74, 6) is -1.76. The first-order chi connectivity index (χ1) is 7.66. The molecule has 0 unspecified atom stereocenters. The lowest BCUT2D eigenvalue weighted by atomic mass is 10.2. The lowest BCUT2D eigenvalue weighted by molar-refractivity contribution is -0.0721. The number of carbonyl (C=O) groups is 1. The monoisotopic (exact) mass is 226 g/mol. The molecular weight excluding hydrogens is 215 g/mol. The van der Waals surface area contributed by atoms with Crippen LogP contribution in [0.1, 0.15) is 16.8 Å². The molecule has 2 rings (SSSR count). The van der Waals surface area contributed by atoms with Gasteiger partial charge in [-0.3, -0.25) is 0 Å². The minimum atomic E-state index is -1.29. The molecule has 0 aromatic heterocycles. The highest BCUT2D eigenvalue weighted by Gasteiger charge is 2.19. The van der Waals surface area contributed by atoms with Gasteiger partial charge in [0, 0.05) is 19.1 Å². The van der Waals surface area contributed by atoms with Gasteiger partial charge in [0.1, 0.15) is 18.2 Å². The molecule has 1 N–H and O–H groups in total. The Bertz CT molecular complexity index is 401. The van der Waals surface area contributed by atoms with E-state index in [1.54, 1.807) is 0 Å². The SMILES string of the molecule is O=C(O)c1ccc(OC[C@@H]2CCO2)cc1F. The number of hydrogen-bond acceptors (Lipinski definition) is 3. The van der Waals surface area contributed by atoms with Crippen LogP contribution in [0.2, 0.25) is 0 Å². The third-order valence-electron chi connectivity index (χ3n) is 2.40. The first-order valence-corrected chi connectivity index (χ1v) is 4.94. The van der Waals surface area contributed by atoms with Gasteiger partial charge in [-0.2, -0.15) is 0 Å². The van der Waals surface area contributed by atoms with E-state index in [2.05, 4.69) is 0 Å². The maximum atomic E-state index is 13.2. The van der Waals surface area contributed by atoms with Gasteiger partial charge in [0.15, 0.2) is 0 Å². The molecule has 16 heavy (non-hydrogen) atoms. The largest absolute Gasteiger partial charge is 0.491 e. The van der Waals surface area contributed by atoms with Crippen LogP contribution in [0, 0.1) is 5.82 Å². The fraction of sp³-hybridized carbons (Fsp3) is 0.364. The molecule has 1 heterocycles. The van der Waals surface area contributed by atoms with Crippen LogP contribution in [-0.2, 0) is 4.74 Å². The van der Waals surface area contributed by atoms with E-state index < -0.39 is 11.8 Å². The van der Waals surface area contributed by atoms with Crippen LogP contribution in [0.25, 0.3) is 0 Å². The van der Waals surface area contributed by atoms with Crippen molar-refractivity contribution in [3.63, 3.8) is 0 Å². The van der Waals surface area contributed by atoms with E-state index >= 15 is 0 Å². The van der Waals surface area contributed by atoms with Crippen molar-refractivity contribution >= 4 is 5.97 Å². The number of halogens is 1. The summed E-state index contributed by atoms with van der Waals surface area (Å²) in [4.78, 5) is 10.6. The standard InChI is InChI=1S/C11H11FO4/c12-10-5-7(1-2-9(10)11(13)14)16-6-8-3-4-15-8/h1-2,5,8H,3-4,6H2,(H,13,14)/t8-/m0/s1. The molecule has 1 aromatic carbocycles. The summed E-state index contributed by atoms with van der Waals surface area (Å²) in [6, 6.07) is 3.70. The lowest BCUT2D eigenvalue weighted by Crippen LogP contribution is -2.32. The minimum absolute atomic E-state index is 0.0715. The second-order valence-corrected chi connectivity index (χ2v) is 3.54. The number of ether oxygens (including phenoxy) is 2. The Morgan fingerprint density at radius 1 is 1.62 bits per heavy atom. The Morgan fingerprint density at radius 3 is 2.88 bits per heavy atom. The summed E-state index contributed by atoms with van der Waals surface area (Å²) >= 11 is 0. The van der Waals surface area contributed by atoms with Crippen LogP contribution in [0.5, 0.6) is 5.75 Å². The smallest absolute Gasteiger partial charge is 0.338 e. The Balaban J connectivity index is 1.99. The van der Waals surface area contributed by atoms with E-state index in [-0.39, 0.29) is 11.7 Å². The van der Waals surface area contributed by atoms with Crippen LogP contribution in [-0.4, -0.2) is 30.4 Å². The van der Waals surface area contributed by atoms with Crippen molar-refractivity contribution in [1.82, 2.24) is 0 Å². The normalized spacial score (nSPS) is 18.9. The Labute approximate surface area is 91.6 Å². The second-order valence-electron chi connectivity index (χ2n) is 3.54. The third kappa shape index (κ3) is 2.30. The molecule has 0 bridgehead atoms. The average molecular weight is 226 g/mol. The van der Waals surface area contributed by atoms with Crippen molar-refractivity contribution in [3.8, 4) is 5.75 Å². The second kappa shape index (κ2) is 4.49. The Kier molecular flexibility index (Phi) is 3.05. The van der Waals surface area contributed by atoms with Crippen molar-refractivity contribution in [2.24, 2.45) is 0 Å². The van der Waals surface area contributed by atoms with E-state index in [1.807, 2.05) is 0 Å². The number of carboxylic acid groups (broad SMARTS) is 1. The molecule has 1 aliphatic heterocycles. The zero-order valence-electron chi connectivity index (χ0n) is 8.48. The van der Waals surface area contributed by atoms with Gasteiger partial charge in [0.05, 0.1) is 11.7 Å². The Hall–Kier alpha value is -1.62. The summed E-state index contributed by atoms with van der Waals surface area (Å²) in [5.41, 5.74) is -0.354. The van der Waals surface area contributed by atoms with E-state index in [9.17, 15) is 9.18 Å². The fourth-order valence-electron chi connectivity index (χ4n) is 1.36. The van der Waals surface area contributed by atoms with Crippen molar-refractivity contribution in [2.75, 3.05) is 13.2 Å². The number of aromatic carboxylic acids is 1. The van der Waals surface area contributed by atoms with E-state index in [1.165, 1.54) is 12.1 Å². The number of carboxylic acids is 1. The average Bonchev–Trinajstić information content (AvgIpc) is 2.14. The highest BCUT2D eigenvalue weighted by Crippen LogP contribution is 2.19. The quantitative estimate of drug-likeness (QED) is 0.848. The molecule has 1 atom stereocenters. The van der Waals surface area contributed by atoms with Gasteiger partial charge in [-0.1, -0.05) is 0 Å². The molecule has 0 saturated carbocycles. The number of rotatable bonds is 4. The van der Waals surface area contributed by atoms with Crippen LogP contribution in [0.4, 0.5) is 4.39 Å². The maximum absolute atomic E-state index is 13.2. The van der Waals surface area contributed by atoms with Gasteiger partial charge < -0.3 is 14.6 Å².